The molecule has 1 aliphatic carbocycles. The molecular weight excluding hydrogens is 194 g/mol. The van der Waals surface area contributed by atoms with Gasteiger partial charge >= 0.3 is 5.97 Å². The lowest BCUT2D eigenvalue weighted by Gasteiger charge is -2.29. The van der Waals surface area contributed by atoms with E-state index in [0.717, 1.165) is 19.3 Å². The Balaban J connectivity index is 2.50. The van der Waals surface area contributed by atoms with Gasteiger partial charge in [0.2, 0.25) is 0 Å². The van der Waals surface area contributed by atoms with Crippen molar-refractivity contribution in [2.24, 2.45) is 17.0 Å². The van der Waals surface area contributed by atoms with Gasteiger partial charge in [0.25, 0.3) is 0 Å². The maximum Gasteiger partial charge on any atom is 0.308 e. The van der Waals surface area contributed by atoms with Crippen LogP contribution >= 0.6 is 0 Å². The predicted molar refractivity (Wildman–Crippen MR) is 56.1 cm³/mol. The molecule has 15 heavy (non-hydrogen) atoms. The Hall–Kier alpha value is -1.22. The Morgan fingerprint density at radius 3 is 2.87 bits per heavy atom. The van der Waals surface area contributed by atoms with Crippen molar-refractivity contribution in [3.05, 3.63) is 10.4 Å². The van der Waals surface area contributed by atoms with Crippen LogP contribution < -0.4 is 0 Å². The molecule has 0 amide bonds. The lowest BCUT2D eigenvalue weighted by atomic mass is 9.79. The number of hydrogen-bond acceptors (Lipinski definition) is 3. The zero-order valence-corrected chi connectivity index (χ0v) is 9.22. The molecule has 1 saturated carbocycles. The monoisotopic (exact) mass is 211 g/mol. The smallest absolute Gasteiger partial charge is 0.308 e. The third kappa shape index (κ3) is 3.13. The van der Waals surface area contributed by atoms with E-state index in [9.17, 15) is 4.79 Å². The van der Waals surface area contributed by atoms with E-state index in [1.807, 2.05) is 13.8 Å². The number of carbonyl (C=O) groups is 1. The van der Waals surface area contributed by atoms with Gasteiger partial charge in [0, 0.05) is 11.0 Å². The molecule has 0 aliphatic heterocycles. The Kier molecular flexibility index (Phi) is 4.43. The van der Waals surface area contributed by atoms with Gasteiger partial charge in [-0.3, -0.25) is 4.79 Å². The van der Waals surface area contributed by atoms with Crippen molar-refractivity contribution in [1.29, 1.82) is 0 Å². The van der Waals surface area contributed by atoms with Crippen LogP contribution in [0.5, 0.6) is 0 Å². The lowest BCUT2D eigenvalue weighted by molar-refractivity contribution is -0.149. The first kappa shape index (κ1) is 11.9. The molecule has 3 atom stereocenters. The summed E-state index contributed by atoms with van der Waals surface area (Å²) in [5, 5.41) is 3.73. The van der Waals surface area contributed by atoms with Crippen LogP contribution in [0.3, 0.4) is 0 Å². The maximum absolute atomic E-state index is 11.5. The molecule has 0 saturated heterocycles. The van der Waals surface area contributed by atoms with Gasteiger partial charge < -0.3 is 4.74 Å². The van der Waals surface area contributed by atoms with Crippen LogP contribution in [0.15, 0.2) is 5.11 Å². The number of nitrogens with zero attached hydrogens (tertiary/aromatic N) is 3. The Labute approximate surface area is 89.4 Å². The summed E-state index contributed by atoms with van der Waals surface area (Å²) in [5.74, 6) is 0.151. The van der Waals surface area contributed by atoms with Gasteiger partial charge in [0.15, 0.2) is 0 Å². The van der Waals surface area contributed by atoms with Gasteiger partial charge in [0.1, 0.15) is 0 Å². The van der Waals surface area contributed by atoms with Gasteiger partial charge in [0.05, 0.1) is 12.5 Å². The number of carbonyl (C=O) groups excluding carboxylic acids is 1. The van der Waals surface area contributed by atoms with E-state index in [-0.39, 0.29) is 23.8 Å². The van der Waals surface area contributed by atoms with Gasteiger partial charge in [-0.25, -0.2) is 0 Å². The van der Waals surface area contributed by atoms with Crippen molar-refractivity contribution in [2.75, 3.05) is 6.61 Å². The molecule has 1 rings (SSSR count). The minimum Gasteiger partial charge on any atom is -0.466 e. The van der Waals surface area contributed by atoms with E-state index in [0.29, 0.717) is 6.61 Å². The van der Waals surface area contributed by atoms with Crippen molar-refractivity contribution in [3.8, 4) is 0 Å². The van der Waals surface area contributed by atoms with Gasteiger partial charge in [-0.05, 0) is 37.6 Å². The molecule has 1 fully saturated rings. The first-order valence-corrected chi connectivity index (χ1v) is 5.39. The topological polar surface area (TPSA) is 75.1 Å². The summed E-state index contributed by atoms with van der Waals surface area (Å²) in [6.07, 6.45) is 2.32. The molecule has 0 aromatic carbocycles. The van der Waals surface area contributed by atoms with E-state index in [1.54, 1.807) is 0 Å². The Morgan fingerprint density at radius 2 is 2.33 bits per heavy atom. The summed E-state index contributed by atoms with van der Waals surface area (Å²) < 4.78 is 4.98. The van der Waals surface area contributed by atoms with Gasteiger partial charge in [-0.15, -0.1) is 0 Å². The number of hydrogen-bond donors (Lipinski definition) is 0. The molecule has 84 valence electrons. The number of rotatable bonds is 3. The fourth-order valence-corrected chi connectivity index (χ4v) is 2.09. The van der Waals surface area contributed by atoms with E-state index < -0.39 is 0 Å². The van der Waals surface area contributed by atoms with E-state index in [1.165, 1.54) is 0 Å². The average Bonchev–Trinajstić information content (AvgIpc) is 2.21. The standard InChI is InChI=1S/C10H17N3O2/c1-3-15-10(14)8-4-5-9(12-13-11)7(2)6-8/h7-9H,3-6H2,1-2H3/t7-,8+,9+/m0/s1. The first-order chi connectivity index (χ1) is 7.19. The minimum atomic E-state index is -0.108. The molecule has 0 spiro atoms. The molecular formula is C10H17N3O2. The van der Waals surface area contributed by atoms with Crippen molar-refractivity contribution in [1.82, 2.24) is 0 Å². The van der Waals surface area contributed by atoms with Crippen molar-refractivity contribution in [3.63, 3.8) is 0 Å². The highest BCUT2D eigenvalue weighted by Gasteiger charge is 2.31. The van der Waals surface area contributed by atoms with Crippen molar-refractivity contribution < 1.29 is 9.53 Å². The molecule has 5 heteroatoms. The minimum absolute atomic E-state index is 0.00917. The zero-order valence-electron chi connectivity index (χ0n) is 9.22. The van der Waals surface area contributed by atoms with E-state index in [4.69, 9.17) is 10.3 Å². The van der Waals surface area contributed by atoms with Crippen molar-refractivity contribution >= 4 is 5.97 Å². The summed E-state index contributed by atoms with van der Waals surface area (Å²) >= 11 is 0. The predicted octanol–water partition coefficient (Wildman–Crippen LogP) is 2.66. The third-order valence-electron chi connectivity index (χ3n) is 2.94. The third-order valence-corrected chi connectivity index (χ3v) is 2.94. The molecule has 0 bridgehead atoms. The zero-order chi connectivity index (χ0) is 11.3. The second-order valence-corrected chi connectivity index (χ2v) is 4.01. The van der Waals surface area contributed by atoms with Crippen LogP contribution in [0.4, 0.5) is 0 Å². The summed E-state index contributed by atoms with van der Waals surface area (Å²) in [5.41, 5.74) is 8.36. The van der Waals surface area contributed by atoms with Crippen LogP contribution in [-0.2, 0) is 9.53 Å². The molecule has 0 heterocycles. The first-order valence-electron chi connectivity index (χ1n) is 5.39. The van der Waals surface area contributed by atoms with Gasteiger partial charge in [-0.2, -0.15) is 0 Å². The second-order valence-electron chi connectivity index (χ2n) is 4.01. The maximum atomic E-state index is 11.5. The molecule has 0 radical (unpaired) electrons. The fourth-order valence-electron chi connectivity index (χ4n) is 2.09. The summed E-state index contributed by atoms with van der Waals surface area (Å²) in [7, 11) is 0. The van der Waals surface area contributed by atoms with E-state index >= 15 is 0 Å². The van der Waals surface area contributed by atoms with Crippen molar-refractivity contribution in [2.45, 2.75) is 39.2 Å². The average molecular weight is 211 g/mol. The molecule has 5 nitrogen and oxygen atoms in total. The summed E-state index contributed by atoms with van der Waals surface area (Å²) in [6.45, 7) is 4.27. The highest BCUT2D eigenvalue weighted by Crippen LogP contribution is 2.31. The van der Waals surface area contributed by atoms with Crippen LogP contribution in [0.2, 0.25) is 0 Å². The number of azide groups is 1. The van der Waals surface area contributed by atoms with E-state index in [2.05, 4.69) is 10.0 Å². The normalized spacial score (nSPS) is 30.4. The molecule has 0 N–H and O–H groups in total. The fraction of sp³-hybridized carbons (Fsp3) is 0.900. The van der Waals surface area contributed by atoms with Crippen LogP contribution in [0.25, 0.3) is 10.4 Å². The largest absolute Gasteiger partial charge is 0.466 e. The van der Waals surface area contributed by atoms with Crippen LogP contribution in [0.1, 0.15) is 33.1 Å². The number of ether oxygens (including phenoxy) is 1. The van der Waals surface area contributed by atoms with Crippen LogP contribution in [-0.4, -0.2) is 18.6 Å². The molecule has 0 aromatic rings. The SMILES string of the molecule is CCOC(=O)[C@@H]1CC[C@@H](N=[N+]=[N-])[C@@H](C)C1. The molecule has 0 aromatic heterocycles. The quantitative estimate of drug-likeness (QED) is 0.311. The lowest BCUT2D eigenvalue weighted by Crippen LogP contribution is -2.30. The highest BCUT2D eigenvalue weighted by atomic mass is 16.5. The highest BCUT2D eigenvalue weighted by molar-refractivity contribution is 5.72. The number of esters is 1. The second kappa shape index (κ2) is 5.61. The van der Waals surface area contributed by atoms with Gasteiger partial charge in [-0.1, -0.05) is 12.0 Å². The molecule has 1 aliphatic rings. The summed E-state index contributed by atoms with van der Waals surface area (Å²) in [4.78, 5) is 14.3. The Bertz CT molecular complexity index is 274. The summed E-state index contributed by atoms with van der Waals surface area (Å²) in [6, 6.07) is 0.0423. The molecule has 0 unspecified atom stereocenters. The Morgan fingerprint density at radius 1 is 1.60 bits per heavy atom. The van der Waals surface area contributed by atoms with Crippen LogP contribution in [0, 0.1) is 11.8 Å².